The van der Waals surface area contributed by atoms with Crippen LogP contribution in [0.3, 0.4) is 0 Å². The quantitative estimate of drug-likeness (QED) is 0.0346. The van der Waals surface area contributed by atoms with Gasteiger partial charge in [-0.25, -0.2) is 0 Å². The van der Waals surface area contributed by atoms with Gasteiger partial charge in [-0.2, -0.15) is 0 Å². The van der Waals surface area contributed by atoms with Crippen molar-refractivity contribution in [3.8, 4) is 0 Å². The third kappa shape index (κ3) is 41.1. The van der Waals surface area contributed by atoms with Crippen molar-refractivity contribution in [1.29, 1.82) is 0 Å². The Kier molecular flexibility index (Phi) is 46.7. The molecule has 1 rings (SSSR count). The van der Waals surface area contributed by atoms with E-state index in [2.05, 4.69) is 44.5 Å². The largest absolute Gasteiger partial charge is 0.466 e. The molecule has 1 aliphatic rings. The predicted octanol–water partition coefficient (Wildman–Crippen LogP) is 15.6. The van der Waals surface area contributed by atoms with Crippen molar-refractivity contribution in [3.05, 3.63) is 0 Å². The Bertz CT molecular complexity index is 843. The number of piperazine rings is 1. The van der Waals surface area contributed by atoms with Gasteiger partial charge in [0.1, 0.15) is 6.29 Å². The summed E-state index contributed by atoms with van der Waals surface area (Å²) in [5, 5.41) is 0. The van der Waals surface area contributed by atoms with E-state index in [1.807, 2.05) is 7.11 Å². The smallest absolute Gasteiger partial charge is 0.306 e. The average molecular weight is 849 g/mol. The van der Waals surface area contributed by atoms with Gasteiger partial charge in [0.2, 0.25) is 0 Å². The van der Waals surface area contributed by atoms with E-state index in [4.69, 9.17) is 9.47 Å². The van der Waals surface area contributed by atoms with E-state index in [-0.39, 0.29) is 5.97 Å². The Labute approximate surface area is 376 Å². The van der Waals surface area contributed by atoms with Gasteiger partial charge in [-0.1, -0.05) is 207 Å². The number of aldehydes is 1. The van der Waals surface area contributed by atoms with E-state index < -0.39 is 0 Å². The van der Waals surface area contributed by atoms with Gasteiger partial charge < -0.3 is 24.1 Å². The molecule has 0 saturated carbocycles. The van der Waals surface area contributed by atoms with E-state index in [0.29, 0.717) is 24.9 Å². The van der Waals surface area contributed by atoms with Crippen LogP contribution in [0.4, 0.5) is 0 Å². The Hall–Kier alpha value is -0.980. The lowest BCUT2D eigenvalue weighted by molar-refractivity contribution is -0.145. The molecule has 0 aromatic rings. The zero-order chi connectivity index (χ0) is 44.0. The van der Waals surface area contributed by atoms with Gasteiger partial charge in [0.25, 0.3) is 0 Å². The number of ether oxygens (including phenoxy) is 2. The minimum Gasteiger partial charge on any atom is -0.466 e. The number of rotatable bonds is 44. The van der Waals surface area contributed by atoms with Gasteiger partial charge in [0.05, 0.1) is 6.61 Å². The van der Waals surface area contributed by atoms with Crippen molar-refractivity contribution in [2.24, 2.45) is 17.8 Å². The van der Waals surface area contributed by atoms with Crippen LogP contribution in [0.1, 0.15) is 259 Å². The molecule has 1 aliphatic heterocycles. The molecule has 1 heterocycles. The van der Waals surface area contributed by atoms with Crippen LogP contribution < -0.4 is 0 Å². The van der Waals surface area contributed by atoms with Crippen molar-refractivity contribution in [3.63, 3.8) is 0 Å². The van der Waals surface area contributed by atoms with Gasteiger partial charge in [0, 0.05) is 59.3 Å². The number of nitrogens with zero attached hydrogens (tertiary/aromatic N) is 2. The summed E-state index contributed by atoms with van der Waals surface area (Å²) in [6.07, 6.45) is 47.1. The molecule has 358 valence electrons. The summed E-state index contributed by atoms with van der Waals surface area (Å²) >= 11 is 0. The topological polar surface area (TPSA) is 59.1 Å². The van der Waals surface area contributed by atoms with Crippen molar-refractivity contribution in [2.75, 3.05) is 60.1 Å². The summed E-state index contributed by atoms with van der Waals surface area (Å²) in [5.74, 6) is 2.14. The number of hydrogen-bond donors (Lipinski definition) is 0. The number of likely N-dealkylation sites (N-methyl/N-ethyl adjacent to an activating group) is 1. The summed E-state index contributed by atoms with van der Waals surface area (Å²) in [5.41, 5.74) is 0. The highest BCUT2D eigenvalue weighted by molar-refractivity contribution is 5.69. The first-order valence-corrected chi connectivity index (χ1v) is 26.9. The zero-order valence-corrected chi connectivity index (χ0v) is 41.7. The average Bonchev–Trinajstić information content (AvgIpc) is 3.24. The second kappa shape index (κ2) is 47.5. The van der Waals surface area contributed by atoms with Crippen molar-refractivity contribution < 1.29 is 19.1 Å². The highest BCUT2D eigenvalue weighted by Gasteiger charge is 2.19. The van der Waals surface area contributed by atoms with Crippen LogP contribution in [0, 0.1) is 17.8 Å². The number of esters is 1. The van der Waals surface area contributed by atoms with Crippen molar-refractivity contribution in [2.45, 2.75) is 259 Å². The molecule has 0 amide bonds. The molecular formula is C54H108N2O4. The van der Waals surface area contributed by atoms with Gasteiger partial charge in [0.15, 0.2) is 0 Å². The first-order valence-electron chi connectivity index (χ1n) is 26.9. The molecule has 0 N–H and O–H groups in total. The van der Waals surface area contributed by atoms with Crippen LogP contribution in [-0.4, -0.2) is 82.2 Å². The maximum atomic E-state index is 12.4. The summed E-state index contributed by atoms with van der Waals surface area (Å²) in [4.78, 5) is 28.2. The van der Waals surface area contributed by atoms with Gasteiger partial charge in [-0.05, 0) is 63.3 Å². The lowest BCUT2D eigenvalue weighted by Crippen LogP contribution is -2.46. The maximum absolute atomic E-state index is 12.4. The standard InChI is InChI=1S/C41H82N2O3.C13H26O/c1-5-7-21-27-39(28-22-8-6-2)37-41(44)46-36-26-20-16-12-10-14-18-24-30-40(38-43-33-31-42(3)32-34-43)29-23-17-13-9-11-15-19-25-35-45-4;1-3-5-7-9-13(11-12-14)10-8-6-4-2/h39-40H,5-38H2,1-4H3;12-13H,3-11H2,1-2H3. The molecule has 0 aromatic carbocycles. The van der Waals surface area contributed by atoms with Gasteiger partial charge >= 0.3 is 5.97 Å². The molecule has 60 heavy (non-hydrogen) atoms. The number of carbonyl (C=O) groups excluding carboxylic acids is 2. The minimum absolute atomic E-state index is 0.0494. The van der Waals surface area contributed by atoms with E-state index >= 15 is 0 Å². The van der Waals surface area contributed by atoms with Crippen LogP contribution in [0.2, 0.25) is 0 Å². The Morgan fingerprint density at radius 1 is 0.483 bits per heavy atom. The van der Waals surface area contributed by atoms with Crippen molar-refractivity contribution in [1.82, 2.24) is 9.80 Å². The third-order valence-corrected chi connectivity index (χ3v) is 13.3. The van der Waals surface area contributed by atoms with Crippen molar-refractivity contribution >= 4 is 12.3 Å². The molecule has 1 atom stereocenters. The van der Waals surface area contributed by atoms with E-state index in [0.717, 1.165) is 31.7 Å². The molecule has 6 heteroatoms. The first-order chi connectivity index (χ1) is 29.4. The summed E-state index contributed by atoms with van der Waals surface area (Å²) < 4.78 is 10.8. The third-order valence-electron chi connectivity index (χ3n) is 13.3. The Morgan fingerprint density at radius 3 is 1.27 bits per heavy atom. The maximum Gasteiger partial charge on any atom is 0.306 e. The molecule has 0 radical (unpaired) electrons. The SMILES string of the molecule is CCCCCC(CC=O)CCCCC.CCCCCC(CCCCC)CC(=O)OCCCCCCCCCCC(CCCCCCCCCCOC)CN1CCN(C)CC1. The molecule has 6 nitrogen and oxygen atoms in total. The van der Waals surface area contributed by atoms with E-state index in [1.54, 1.807) is 0 Å². The number of carbonyl (C=O) groups is 2. The minimum atomic E-state index is 0.0494. The van der Waals surface area contributed by atoms with Gasteiger partial charge in [-0.3, -0.25) is 4.79 Å². The summed E-state index contributed by atoms with van der Waals surface area (Å²) in [6, 6.07) is 0. The predicted molar refractivity (Wildman–Crippen MR) is 262 cm³/mol. The fourth-order valence-electron chi connectivity index (χ4n) is 9.14. The summed E-state index contributed by atoms with van der Waals surface area (Å²) in [6.45, 7) is 16.8. The van der Waals surface area contributed by atoms with Gasteiger partial charge in [-0.15, -0.1) is 0 Å². The highest BCUT2D eigenvalue weighted by atomic mass is 16.5. The molecule has 0 spiro atoms. The fraction of sp³-hybridized carbons (Fsp3) is 0.963. The Morgan fingerprint density at radius 2 is 0.850 bits per heavy atom. The first kappa shape index (κ1) is 59.0. The number of unbranched alkanes of at least 4 members (excludes halogenated alkanes) is 22. The van der Waals surface area contributed by atoms with E-state index in [9.17, 15) is 9.59 Å². The van der Waals surface area contributed by atoms with Crippen LogP contribution in [0.25, 0.3) is 0 Å². The number of hydrogen-bond acceptors (Lipinski definition) is 6. The summed E-state index contributed by atoms with van der Waals surface area (Å²) in [7, 11) is 4.08. The second-order valence-corrected chi connectivity index (χ2v) is 19.2. The lowest BCUT2D eigenvalue weighted by atomic mass is 9.92. The molecule has 0 bridgehead atoms. The Balaban J connectivity index is 0.00000211. The van der Waals surface area contributed by atoms with Crippen LogP contribution >= 0.6 is 0 Å². The van der Waals surface area contributed by atoms with Crippen LogP contribution in [0.5, 0.6) is 0 Å². The number of methoxy groups -OCH3 is 1. The van der Waals surface area contributed by atoms with Crippen LogP contribution in [0.15, 0.2) is 0 Å². The van der Waals surface area contributed by atoms with Crippen LogP contribution in [-0.2, 0) is 19.1 Å². The lowest BCUT2D eigenvalue weighted by Gasteiger charge is -2.34. The molecule has 0 aliphatic carbocycles. The second-order valence-electron chi connectivity index (χ2n) is 19.2. The monoisotopic (exact) mass is 849 g/mol. The molecule has 0 aromatic heterocycles. The fourth-order valence-corrected chi connectivity index (χ4v) is 9.14. The molecule has 1 unspecified atom stereocenters. The molecule has 1 fully saturated rings. The van der Waals surface area contributed by atoms with E-state index in [1.165, 1.54) is 245 Å². The normalized spacial score (nSPS) is 14.1. The zero-order valence-electron chi connectivity index (χ0n) is 41.7. The molecular weight excluding hydrogens is 741 g/mol. The molecule has 1 saturated heterocycles. The highest BCUT2D eigenvalue weighted by Crippen LogP contribution is 2.24.